The highest BCUT2D eigenvalue weighted by Crippen LogP contribution is 2.42. The molecule has 2 bridgehead atoms. The molecule has 9 heteroatoms. The topological polar surface area (TPSA) is 80.1 Å². The van der Waals surface area contributed by atoms with Crippen molar-refractivity contribution in [1.82, 2.24) is 19.4 Å². The molecule has 3 aromatic rings. The highest BCUT2D eigenvalue weighted by atomic mass is 16.6. The number of carbonyl (C=O) groups is 1. The molecule has 4 atom stereocenters. The van der Waals surface area contributed by atoms with E-state index >= 15 is 0 Å². The van der Waals surface area contributed by atoms with E-state index in [9.17, 15) is 9.59 Å². The molecule has 4 aliphatic heterocycles. The van der Waals surface area contributed by atoms with Crippen molar-refractivity contribution in [2.45, 2.75) is 70.4 Å². The molecule has 0 spiro atoms. The number of anilines is 1. The molecule has 42 heavy (non-hydrogen) atoms. The number of rotatable bonds is 2. The summed E-state index contributed by atoms with van der Waals surface area (Å²) >= 11 is 0. The zero-order valence-corrected chi connectivity index (χ0v) is 25.0. The third-order valence-corrected chi connectivity index (χ3v) is 9.18. The molecule has 0 saturated carbocycles. The number of benzene rings is 1. The average molecular weight is 570 g/mol. The maximum atomic E-state index is 13.0. The van der Waals surface area contributed by atoms with Gasteiger partial charge in [-0.05, 0) is 74.6 Å². The summed E-state index contributed by atoms with van der Waals surface area (Å²) in [5.41, 5.74) is 6.33. The van der Waals surface area contributed by atoms with Gasteiger partial charge in [0.2, 0.25) is 0 Å². The molecular weight excluding hydrogens is 530 g/mol. The van der Waals surface area contributed by atoms with Crippen LogP contribution in [0.25, 0.3) is 16.6 Å². The number of aryl methyl sites for hydroxylation is 1. The van der Waals surface area contributed by atoms with Crippen molar-refractivity contribution in [3.63, 3.8) is 0 Å². The molecule has 1 aromatic carbocycles. The van der Waals surface area contributed by atoms with Gasteiger partial charge in [-0.1, -0.05) is 18.2 Å². The van der Waals surface area contributed by atoms with Crippen LogP contribution in [0.5, 0.6) is 0 Å². The van der Waals surface area contributed by atoms with E-state index in [-0.39, 0.29) is 29.8 Å². The molecule has 9 nitrogen and oxygen atoms in total. The van der Waals surface area contributed by atoms with Gasteiger partial charge in [-0.15, -0.1) is 0 Å². The number of piperazine rings is 1. The number of hydrogen-bond donors (Lipinski definition) is 0. The van der Waals surface area contributed by atoms with Crippen LogP contribution in [0, 0.1) is 0 Å². The van der Waals surface area contributed by atoms with Crippen LogP contribution in [0.1, 0.15) is 56.8 Å². The van der Waals surface area contributed by atoms with E-state index in [4.69, 9.17) is 9.47 Å². The van der Waals surface area contributed by atoms with E-state index in [1.807, 2.05) is 31.7 Å². The number of aromatic nitrogens is 2. The van der Waals surface area contributed by atoms with Crippen molar-refractivity contribution in [3.8, 4) is 0 Å². The molecule has 220 valence electrons. The number of amides is 1. The van der Waals surface area contributed by atoms with E-state index < -0.39 is 5.60 Å². The molecular formula is C33H39N5O4. The monoisotopic (exact) mass is 569 g/mol. The first-order chi connectivity index (χ1) is 20.1. The summed E-state index contributed by atoms with van der Waals surface area (Å²) in [6.45, 7) is 11.6. The molecule has 0 aliphatic carbocycles. The maximum Gasteiger partial charge on any atom is 0.411 e. The fraction of sp³-hybridized carbons (Fsp3) is 0.485. The second-order valence-corrected chi connectivity index (χ2v) is 13.2. The van der Waals surface area contributed by atoms with E-state index in [1.165, 1.54) is 22.3 Å². The molecule has 0 radical (unpaired) electrons. The summed E-state index contributed by atoms with van der Waals surface area (Å²) in [6, 6.07) is 13.1. The zero-order chi connectivity index (χ0) is 29.3. The minimum Gasteiger partial charge on any atom is -0.444 e. The summed E-state index contributed by atoms with van der Waals surface area (Å²) in [7, 11) is 1.78. The zero-order valence-electron chi connectivity index (χ0n) is 25.0. The molecule has 6 heterocycles. The van der Waals surface area contributed by atoms with Gasteiger partial charge < -0.3 is 14.4 Å². The SMILES string of the molecule is C[C@@H]1CN(c2cc(=O)n(C)c3ncccc23)C[C@@H]2c3ccc(C4=CC5COCC(C4)N5C(=O)OC(C)(C)C)cc3CN12. The lowest BCUT2D eigenvalue weighted by Crippen LogP contribution is -2.57. The first kappa shape index (κ1) is 27.2. The number of nitrogens with zero attached hydrogens (tertiary/aromatic N) is 5. The number of morpholine rings is 1. The Kier molecular flexibility index (Phi) is 6.44. The Labute approximate surface area is 246 Å². The highest BCUT2D eigenvalue weighted by molar-refractivity contribution is 5.89. The average Bonchev–Trinajstić information content (AvgIpc) is 3.32. The number of pyridine rings is 2. The van der Waals surface area contributed by atoms with Crippen LogP contribution in [0.3, 0.4) is 0 Å². The van der Waals surface area contributed by atoms with Crippen molar-refractivity contribution in [2.75, 3.05) is 31.2 Å². The van der Waals surface area contributed by atoms with Crippen LogP contribution in [-0.4, -0.2) is 75.5 Å². The van der Waals surface area contributed by atoms with Crippen LogP contribution < -0.4 is 10.5 Å². The molecule has 2 saturated heterocycles. The van der Waals surface area contributed by atoms with Crippen LogP contribution in [0.15, 0.2) is 53.5 Å². The van der Waals surface area contributed by atoms with Gasteiger partial charge in [0.05, 0.1) is 37.0 Å². The Hall–Kier alpha value is -3.69. The largest absolute Gasteiger partial charge is 0.444 e. The third-order valence-electron chi connectivity index (χ3n) is 9.18. The molecule has 1 amide bonds. The Morgan fingerprint density at radius 1 is 1.12 bits per heavy atom. The maximum absolute atomic E-state index is 13.0. The first-order valence-electron chi connectivity index (χ1n) is 15.0. The molecule has 2 unspecified atom stereocenters. The van der Waals surface area contributed by atoms with E-state index in [2.05, 4.69) is 52.0 Å². The Bertz CT molecular complexity index is 1660. The van der Waals surface area contributed by atoms with E-state index in [0.29, 0.717) is 24.9 Å². The summed E-state index contributed by atoms with van der Waals surface area (Å²) in [6.07, 6.45) is 4.42. The fourth-order valence-electron chi connectivity index (χ4n) is 7.25. The predicted molar refractivity (Wildman–Crippen MR) is 162 cm³/mol. The number of fused-ring (bicyclic) bond motifs is 6. The van der Waals surface area contributed by atoms with E-state index in [1.54, 1.807) is 23.9 Å². The Morgan fingerprint density at radius 3 is 2.74 bits per heavy atom. The van der Waals surface area contributed by atoms with Crippen molar-refractivity contribution in [2.24, 2.45) is 7.05 Å². The van der Waals surface area contributed by atoms with Crippen LogP contribution in [-0.2, 0) is 23.1 Å². The molecule has 2 fully saturated rings. The predicted octanol–water partition coefficient (Wildman–Crippen LogP) is 4.49. The third kappa shape index (κ3) is 4.59. The van der Waals surface area contributed by atoms with Crippen LogP contribution in [0.4, 0.5) is 10.5 Å². The number of ether oxygens (including phenoxy) is 2. The lowest BCUT2D eigenvalue weighted by atomic mass is 9.88. The van der Waals surface area contributed by atoms with Gasteiger partial charge >= 0.3 is 6.09 Å². The van der Waals surface area contributed by atoms with Crippen LogP contribution >= 0.6 is 0 Å². The minimum absolute atomic E-state index is 0.0327. The van der Waals surface area contributed by atoms with Crippen molar-refractivity contribution in [3.05, 3.63) is 75.7 Å². The molecule has 4 aliphatic rings. The van der Waals surface area contributed by atoms with Gasteiger partial charge in [-0.2, -0.15) is 0 Å². The lowest BCUT2D eigenvalue weighted by molar-refractivity contribution is -0.0510. The van der Waals surface area contributed by atoms with Crippen LogP contribution in [0.2, 0.25) is 0 Å². The summed E-state index contributed by atoms with van der Waals surface area (Å²) in [5.74, 6) is 0. The Morgan fingerprint density at radius 2 is 1.95 bits per heavy atom. The summed E-state index contributed by atoms with van der Waals surface area (Å²) in [4.78, 5) is 37.2. The fourth-order valence-corrected chi connectivity index (χ4v) is 7.25. The lowest BCUT2D eigenvalue weighted by Gasteiger charge is -2.44. The van der Waals surface area contributed by atoms with Crippen molar-refractivity contribution < 1.29 is 14.3 Å². The highest BCUT2D eigenvalue weighted by Gasteiger charge is 2.42. The molecule has 0 N–H and O–H groups in total. The number of carbonyl (C=O) groups excluding carboxylic acids is 1. The molecule has 7 rings (SSSR count). The summed E-state index contributed by atoms with van der Waals surface area (Å²) < 4.78 is 13.2. The van der Waals surface area contributed by atoms with Gasteiger partial charge in [-0.3, -0.25) is 19.2 Å². The van der Waals surface area contributed by atoms with Crippen molar-refractivity contribution >= 4 is 28.4 Å². The van der Waals surface area contributed by atoms with Gasteiger partial charge in [0.25, 0.3) is 5.56 Å². The van der Waals surface area contributed by atoms with Gasteiger partial charge in [0.1, 0.15) is 11.2 Å². The second-order valence-electron chi connectivity index (χ2n) is 13.2. The normalized spacial score (nSPS) is 25.7. The molecule has 2 aromatic heterocycles. The first-order valence-corrected chi connectivity index (χ1v) is 15.0. The quantitative estimate of drug-likeness (QED) is 0.450. The van der Waals surface area contributed by atoms with Crippen molar-refractivity contribution in [1.29, 1.82) is 0 Å². The number of hydrogen-bond acceptors (Lipinski definition) is 7. The Balaban J connectivity index is 1.17. The van der Waals surface area contributed by atoms with Gasteiger partial charge in [0, 0.05) is 50.4 Å². The van der Waals surface area contributed by atoms with Gasteiger partial charge in [-0.25, -0.2) is 9.78 Å². The summed E-state index contributed by atoms with van der Waals surface area (Å²) in [5, 5.41) is 1.01. The van der Waals surface area contributed by atoms with E-state index in [0.717, 1.165) is 37.1 Å². The minimum atomic E-state index is -0.533. The standard InChI is InChI=1S/C33H39N5O4/c1-20-15-36(28-14-30(39)35(5)31-27(28)7-6-10-34-31)17-29-26-9-8-21(11-23(26)16-37(20)29)22-12-24-18-41-19-25(13-22)38(24)32(40)42-33(2,3)4/h6-12,14,20,24-25,29H,13,15-19H2,1-5H3/t20-,24?,25?,29-/m1/s1. The van der Waals surface area contributed by atoms with Gasteiger partial charge in [0.15, 0.2) is 0 Å². The smallest absolute Gasteiger partial charge is 0.411 e. The second kappa shape index (κ2) is 9.95.